The summed E-state index contributed by atoms with van der Waals surface area (Å²) in [6.07, 6.45) is 2.52. The van der Waals surface area contributed by atoms with Crippen molar-refractivity contribution in [2.24, 2.45) is 0 Å². The molecule has 0 radical (unpaired) electrons. The van der Waals surface area contributed by atoms with Gasteiger partial charge in [-0.2, -0.15) is 4.98 Å². The number of halogens is 1. The third-order valence-corrected chi connectivity index (χ3v) is 6.22. The molecule has 4 rings (SSSR count). The highest BCUT2D eigenvalue weighted by atomic mass is 35.5. The first-order valence-corrected chi connectivity index (χ1v) is 11.5. The van der Waals surface area contributed by atoms with Gasteiger partial charge >= 0.3 is 0 Å². The molecule has 0 bridgehead atoms. The molecular weight excluding hydrogens is 486 g/mol. The van der Waals surface area contributed by atoms with Crippen molar-refractivity contribution < 1.29 is 14.5 Å². The number of amides is 2. The monoisotopic (exact) mass is 509 g/mol. The number of carbonyl (C=O) groups is 2. The number of carbonyl (C=O) groups excluding carboxylic acids is 2. The maximum absolute atomic E-state index is 12.3. The van der Waals surface area contributed by atoms with Crippen LogP contribution in [0, 0.1) is 10.1 Å². The number of anilines is 5. The summed E-state index contributed by atoms with van der Waals surface area (Å²) < 4.78 is 0. The summed E-state index contributed by atoms with van der Waals surface area (Å²) in [5.74, 6) is -0.0847. The van der Waals surface area contributed by atoms with Crippen LogP contribution in [0.25, 0.3) is 0 Å². The predicted octanol–water partition coefficient (Wildman–Crippen LogP) is 4.89. The van der Waals surface area contributed by atoms with Gasteiger partial charge in [0.25, 0.3) is 11.6 Å². The van der Waals surface area contributed by atoms with Crippen molar-refractivity contribution >= 4 is 57.9 Å². The Morgan fingerprint density at radius 3 is 2.69 bits per heavy atom. The third kappa shape index (κ3) is 5.20. The third-order valence-electron chi connectivity index (χ3n) is 5.94. The molecule has 2 heterocycles. The molecular formula is C24H24ClN7O4. The zero-order chi connectivity index (χ0) is 26.0. The van der Waals surface area contributed by atoms with Gasteiger partial charge < -0.3 is 21.3 Å². The highest BCUT2D eigenvalue weighted by Crippen LogP contribution is 2.38. The van der Waals surface area contributed by atoms with Crippen molar-refractivity contribution in [3.8, 4) is 0 Å². The van der Waals surface area contributed by atoms with Gasteiger partial charge in [-0.25, -0.2) is 4.98 Å². The van der Waals surface area contributed by atoms with Crippen LogP contribution in [0.15, 0.2) is 42.6 Å². The Labute approximate surface area is 211 Å². The van der Waals surface area contributed by atoms with Crippen LogP contribution < -0.4 is 21.3 Å². The summed E-state index contributed by atoms with van der Waals surface area (Å²) in [7, 11) is 1.46. The van der Waals surface area contributed by atoms with E-state index in [1.165, 1.54) is 31.4 Å². The van der Waals surface area contributed by atoms with Crippen LogP contribution in [0.3, 0.4) is 0 Å². The zero-order valence-corrected chi connectivity index (χ0v) is 20.6. The minimum atomic E-state index is -0.560. The van der Waals surface area contributed by atoms with Crippen LogP contribution in [0.4, 0.5) is 34.5 Å². The molecule has 0 saturated heterocycles. The van der Waals surface area contributed by atoms with Gasteiger partial charge in [-0.1, -0.05) is 25.4 Å². The Balaban J connectivity index is 1.65. The number of nitrogens with one attached hydrogen (secondary N) is 4. The second kappa shape index (κ2) is 9.78. The van der Waals surface area contributed by atoms with Crippen LogP contribution >= 0.6 is 11.6 Å². The number of fused-ring (bicyclic) bond motifs is 1. The second-order valence-electron chi connectivity index (χ2n) is 8.90. The lowest BCUT2D eigenvalue weighted by Crippen LogP contribution is -2.19. The molecule has 2 aromatic carbocycles. The molecule has 11 nitrogen and oxygen atoms in total. The SMILES string of the molecule is CNC(=O)c1ccc([N+](=O)[O-])cc1Nc1nc(Nc2ccc3c(c2)C(C)(C)CCC(=O)N3)ncc1Cl. The van der Waals surface area contributed by atoms with Crippen molar-refractivity contribution in [3.63, 3.8) is 0 Å². The molecule has 0 aliphatic carbocycles. The molecule has 186 valence electrons. The van der Waals surface area contributed by atoms with Gasteiger partial charge in [0.05, 0.1) is 22.4 Å². The fourth-order valence-corrected chi connectivity index (χ4v) is 4.06. The van der Waals surface area contributed by atoms with Crippen molar-refractivity contribution in [1.29, 1.82) is 0 Å². The van der Waals surface area contributed by atoms with Crippen molar-refractivity contribution in [1.82, 2.24) is 15.3 Å². The van der Waals surface area contributed by atoms with Gasteiger partial charge in [0.15, 0.2) is 5.82 Å². The number of nitrogens with zero attached hydrogens (tertiary/aromatic N) is 3. The summed E-state index contributed by atoms with van der Waals surface area (Å²) in [5.41, 5.74) is 2.37. The molecule has 0 unspecified atom stereocenters. The molecule has 0 spiro atoms. The number of nitro benzene ring substituents is 1. The van der Waals surface area contributed by atoms with E-state index in [0.717, 1.165) is 11.3 Å². The lowest BCUT2D eigenvalue weighted by atomic mass is 9.80. The van der Waals surface area contributed by atoms with Crippen molar-refractivity contribution in [3.05, 3.63) is 68.9 Å². The summed E-state index contributed by atoms with van der Waals surface area (Å²) in [4.78, 5) is 43.7. The van der Waals surface area contributed by atoms with E-state index in [2.05, 4.69) is 45.1 Å². The zero-order valence-electron chi connectivity index (χ0n) is 19.8. The molecule has 36 heavy (non-hydrogen) atoms. The minimum absolute atomic E-state index is 0.0171. The topological polar surface area (TPSA) is 151 Å². The van der Waals surface area contributed by atoms with Crippen LogP contribution in [0.5, 0.6) is 0 Å². The molecule has 0 saturated carbocycles. The molecule has 0 atom stereocenters. The predicted molar refractivity (Wildman–Crippen MR) is 137 cm³/mol. The first-order valence-electron chi connectivity index (χ1n) is 11.1. The van der Waals surface area contributed by atoms with Crippen LogP contribution in [0.1, 0.15) is 42.6 Å². The van der Waals surface area contributed by atoms with Crippen LogP contribution in [-0.4, -0.2) is 33.8 Å². The van der Waals surface area contributed by atoms with Gasteiger partial charge in [0.1, 0.15) is 5.02 Å². The number of aromatic nitrogens is 2. The first-order chi connectivity index (χ1) is 17.1. The molecule has 1 aliphatic heterocycles. The minimum Gasteiger partial charge on any atom is -0.355 e. The van der Waals surface area contributed by atoms with E-state index in [9.17, 15) is 19.7 Å². The molecule has 1 aliphatic rings. The summed E-state index contributed by atoms with van der Waals surface area (Å²) in [6.45, 7) is 4.17. The molecule has 1 aromatic heterocycles. The van der Waals surface area contributed by atoms with Crippen molar-refractivity contribution in [2.45, 2.75) is 32.1 Å². The standard InChI is InChI=1S/C24H24ClN7O4/c1-24(2)9-8-20(33)29-18-7-4-13(10-16(18)24)28-23-27-12-17(25)21(31-23)30-19-11-14(32(35)36)5-6-15(19)22(34)26-3/h4-7,10-12H,8-9H2,1-3H3,(H,26,34)(H,29,33)(H2,27,28,30,31). The lowest BCUT2D eigenvalue weighted by Gasteiger charge is -2.25. The molecule has 0 fully saturated rings. The summed E-state index contributed by atoms with van der Waals surface area (Å²) in [6, 6.07) is 9.40. The smallest absolute Gasteiger partial charge is 0.271 e. The number of benzene rings is 2. The maximum atomic E-state index is 12.3. The first kappa shape index (κ1) is 24.9. The van der Waals surface area contributed by atoms with E-state index >= 15 is 0 Å². The van der Waals surface area contributed by atoms with Gasteiger partial charge in [-0.05, 0) is 41.7 Å². The van der Waals surface area contributed by atoms with Gasteiger partial charge in [-0.3, -0.25) is 19.7 Å². The summed E-state index contributed by atoms with van der Waals surface area (Å²) in [5, 5.41) is 22.9. The van der Waals surface area contributed by atoms with E-state index in [1.54, 1.807) is 6.07 Å². The Morgan fingerprint density at radius 1 is 1.19 bits per heavy atom. The van der Waals surface area contributed by atoms with Crippen LogP contribution in [0.2, 0.25) is 5.02 Å². The quantitative estimate of drug-likeness (QED) is 0.270. The van der Waals surface area contributed by atoms with Gasteiger partial charge in [-0.15, -0.1) is 0 Å². The van der Waals surface area contributed by atoms with Gasteiger partial charge in [0, 0.05) is 37.0 Å². The molecule has 4 N–H and O–H groups in total. The van der Waals surface area contributed by atoms with E-state index < -0.39 is 10.8 Å². The van der Waals surface area contributed by atoms with E-state index in [1.807, 2.05) is 12.1 Å². The second-order valence-corrected chi connectivity index (χ2v) is 9.31. The number of hydrogen-bond donors (Lipinski definition) is 4. The highest BCUT2D eigenvalue weighted by Gasteiger charge is 2.29. The Hall–Kier alpha value is -4.25. The van der Waals surface area contributed by atoms with Crippen molar-refractivity contribution in [2.75, 3.05) is 23.0 Å². The Morgan fingerprint density at radius 2 is 1.97 bits per heavy atom. The maximum Gasteiger partial charge on any atom is 0.271 e. The Kier molecular flexibility index (Phi) is 6.75. The number of rotatable bonds is 6. The highest BCUT2D eigenvalue weighted by molar-refractivity contribution is 6.33. The Bertz CT molecular complexity index is 1380. The average Bonchev–Trinajstić information content (AvgIpc) is 2.96. The fraction of sp³-hybridized carbons (Fsp3) is 0.250. The number of nitro groups is 1. The fourth-order valence-electron chi connectivity index (χ4n) is 3.92. The van der Waals surface area contributed by atoms with E-state index in [0.29, 0.717) is 18.5 Å². The lowest BCUT2D eigenvalue weighted by molar-refractivity contribution is -0.384. The molecule has 3 aromatic rings. The molecule has 2 amide bonds. The number of hydrogen-bond acceptors (Lipinski definition) is 8. The normalized spacial score (nSPS) is 14.2. The summed E-state index contributed by atoms with van der Waals surface area (Å²) >= 11 is 6.29. The largest absolute Gasteiger partial charge is 0.355 e. The van der Waals surface area contributed by atoms with Crippen LogP contribution in [-0.2, 0) is 10.2 Å². The average molecular weight is 510 g/mol. The van der Waals surface area contributed by atoms with Gasteiger partial charge in [0.2, 0.25) is 11.9 Å². The molecule has 12 heteroatoms. The number of non-ortho nitro benzene ring substituents is 1. The van der Waals surface area contributed by atoms with E-state index in [-0.39, 0.29) is 45.0 Å². The van der Waals surface area contributed by atoms with E-state index in [4.69, 9.17) is 11.6 Å².